The molecule has 1 aromatic carbocycles. The number of hydroxylamine groups is 1. The molecule has 5 nitrogen and oxygen atoms in total. The summed E-state index contributed by atoms with van der Waals surface area (Å²) < 4.78 is 0. The Morgan fingerprint density at radius 1 is 1.27 bits per heavy atom. The SMILES string of the molecule is Cc1ccc(C(=O)NCC(=O)NO)cc1. The van der Waals surface area contributed by atoms with E-state index in [0.717, 1.165) is 5.56 Å². The number of rotatable bonds is 3. The third-order valence-electron chi connectivity index (χ3n) is 1.85. The topological polar surface area (TPSA) is 78.4 Å². The monoisotopic (exact) mass is 208 g/mol. The lowest BCUT2D eigenvalue weighted by Crippen LogP contribution is -2.35. The van der Waals surface area contributed by atoms with Gasteiger partial charge in [0.05, 0.1) is 6.54 Å². The normalized spacial score (nSPS) is 9.47. The van der Waals surface area contributed by atoms with Gasteiger partial charge in [-0.2, -0.15) is 0 Å². The molecule has 0 atom stereocenters. The van der Waals surface area contributed by atoms with Crippen LogP contribution >= 0.6 is 0 Å². The minimum absolute atomic E-state index is 0.247. The van der Waals surface area contributed by atoms with E-state index in [9.17, 15) is 9.59 Å². The molecule has 0 aliphatic rings. The van der Waals surface area contributed by atoms with Crippen LogP contribution in [0.4, 0.5) is 0 Å². The minimum atomic E-state index is -0.657. The van der Waals surface area contributed by atoms with Crippen molar-refractivity contribution in [2.45, 2.75) is 6.92 Å². The summed E-state index contributed by atoms with van der Waals surface area (Å²) in [6.07, 6.45) is 0. The summed E-state index contributed by atoms with van der Waals surface area (Å²) in [6.45, 7) is 1.67. The Labute approximate surface area is 87.1 Å². The molecule has 0 aliphatic carbocycles. The maximum absolute atomic E-state index is 11.4. The lowest BCUT2D eigenvalue weighted by atomic mass is 10.1. The van der Waals surface area contributed by atoms with Crippen LogP contribution in [0.1, 0.15) is 15.9 Å². The highest BCUT2D eigenvalue weighted by Crippen LogP contribution is 2.02. The van der Waals surface area contributed by atoms with Crippen molar-refractivity contribution in [2.24, 2.45) is 0 Å². The van der Waals surface area contributed by atoms with Crippen LogP contribution in [0.15, 0.2) is 24.3 Å². The fourth-order valence-electron chi connectivity index (χ4n) is 1.01. The lowest BCUT2D eigenvalue weighted by Gasteiger charge is -2.03. The summed E-state index contributed by atoms with van der Waals surface area (Å²) in [4.78, 5) is 22.0. The molecule has 0 saturated heterocycles. The standard InChI is InChI=1S/C10H12N2O3/c1-7-2-4-8(5-3-7)10(14)11-6-9(13)12-15/h2-5,15H,6H2,1H3,(H,11,14)(H,12,13). The molecule has 0 aromatic heterocycles. The van der Waals surface area contributed by atoms with Crippen LogP contribution in [-0.2, 0) is 4.79 Å². The molecule has 80 valence electrons. The van der Waals surface area contributed by atoms with Gasteiger partial charge in [-0.05, 0) is 19.1 Å². The molecule has 1 aromatic rings. The number of hydrogen-bond acceptors (Lipinski definition) is 3. The predicted molar refractivity (Wildman–Crippen MR) is 53.4 cm³/mol. The van der Waals surface area contributed by atoms with Crippen LogP contribution in [0.2, 0.25) is 0 Å². The largest absolute Gasteiger partial charge is 0.343 e. The van der Waals surface area contributed by atoms with Crippen molar-refractivity contribution in [1.82, 2.24) is 10.8 Å². The van der Waals surface area contributed by atoms with E-state index in [0.29, 0.717) is 5.56 Å². The Morgan fingerprint density at radius 3 is 2.40 bits per heavy atom. The van der Waals surface area contributed by atoms with Crippen molar-refractivity contribution in [1.29, 1.82) is 0 Å². The van der Waals surface area contributed by atoms with Gasteiger partial charge < -0.3 is 5.32 Å². The summed E-state index contributed by atoms with van der Waals surface area (Å²) in [7, 11) is 0. The molecule has 0 saturated carbocycles. The fraction of sp³-hybridized carbons (Fsp3) is 0.200. The van der Waals surface area contributed by atoms with Gasteiger partial charge in [-0.3, -0.25) is 14.8 Å². The van der Waals surface area contributed by atoms with E-state index >= 15 is 0 Å². The van der Waals surface area contributed by atoms with Gasteiger partial charge in [-0.25, -0.2) is 5.48 Å². The van der Waals surface area contributed by atoms with Gasteiger partial charge in [0.15, 0.2) is 0 Å². The second-order valence-corrected chi connectivity index (χ2v) is 3.08. The van der Waals surface area contributed by atoms with E-state index in [1.165, 1.54) is 5.48 Å². The Bertz CT molecular complexity index is 359. The van der Waals surface area contributed by atoms with Crippen LogP contribution in [0.3, 0.4) is 0 Å². The second-order valence-electron chi connectivity index (χ2n) is 3.08. The molecule has 0 unspecified atom stereocenters. The number of hydrogen-bond donors (Lipinski definition) is 3. The number of carbonyl (C=O) groups excluding carboxylic acids is 2. The number of amides is 2. The van der Waals surface area contributed by atoms with Crippen molar-refractivity contribution < 1.29 is 14.8 Å². The second kappa shape index (κ2) is 5.11. The number of aryl methyl sites for hydroxylation is 1. The van der Waals surface area contributed by atoms with E-state index in [-0.39, 0.29) is 12.5 Å². The molecule has 2 amide bonds. The van der Waals surface area contributed by atoms with Gasteiger partial charge in [-0.15, -0.1) is 0 Å². The third-order valence-corrected chi connectivity index (χ3v) is 1.85. The average molecular weight is 208 g/mol. The molecule has 0 heterocycles. The molecule has 0 fully saturated rings. The molecule has 0 aliphatic heterocycles. The minimum Gasteiger partial charge on any atom is -0.343 e. The first-order chi connectivity index (χ1) is 7.13. The van der Waals surface area contributed by atoms with E-state index in [2.05, 4.69) is 5.32 Å². The van der Waals surface area contributed by atoms with Gasteiger partial charge in [0.25, 0.3) is 11.8 Å². The Kier molecular flexibility index (Phi) is 3.82. The van der Waals surface area contributed by atoms with Crippen LogP contribution in [0, 0.1) is 6.92 Å². The zero-order valence-electron chi connectivity index (χ0n) is 8.28. The summed E-state index contributed by atoms with van der Waals surface area (Å²) in [6, 6.07) is 6.95. The average Bonchev–Trinajstić information content (AvgIpc) is 2.26. The highest BCUT2D eigenvalue weighted by atomic mass is 16.5. The van der Waals surface area contributed by atoms with Crippen LogP contribution < -0.4 is 10.8 Å². The van der Waals surface area contributed by atoms with Gasteiger partial charge in [0.2, 0.25) is 0 Å². The van der Waals surface area contributed by atoms with Crippen molar-refractivity contribution in [3.63, 3.8) is 0 Å². The van der Waals surface area contributed by atoms with E-state index in [4.69, 9.17) is 5.21 Å². The first kappa shape index (κ1) is 11.2. The maximum Gasteiger partial charge on any atom is 0.262 e. The Hall–Kier alpha value is -1.88. The smallest absolute Gasteiger partial charge is 0.262 e. The maximum atomic E-state index is 11.4. The van der Waals surface area contributed by atoms with Crippen LogP contribution in [0.25, 0.3) is 0 Å². The highest BCUT2D eigenvalue weighted by Gasteiger charge is 2.06. The zero-order chi connectivity index (χ0) is 11.3. The summed E-state index contributed by atoms with van der Waals surface area (Å²) in [5.41, 5.74) is 2.96. The Morgan fingerprint density at radius 2 is 1.87 bits per heavy atom. The van der Waals surface area contributed by atoms with Crippen molar-refractivity contribution in [2.75, 3.05) is 6.54 Å². The first-order valence-electron chi connectivity index (χ1n) is 4.41. The van der Waals surface area contributed by atoms with Crippen molar-refractivity contribution in [3.8, 4) is 0 Å². The van der Waals surface area contributed by atoms with Crippen molar-refractivity contribution in [3.05, 3.63) is 35.4 Å². The van der Waals surface area contributed by atoms with Crippen molar-refractivity contribution >= 4 is 11.8 Å². The number of benzene rings is 1. The molecule has 5 heteroatoms. The van der Waals surface area contributed by atoms with Gasteiger partial charge in [-0.1, -0.05) is 17.7 Å². The zero-order valence-corrected chi connectivity index (χ0v) is 8.28. The van der Waals surface area contributed by atoms with E-state index in [1.54, 1.807) is 24.3 Å². The predicted octanol–water partition coefficient (Wildman–Crippen LogP) is 0.230. The number of carbonyl (C=O) groups is 2. The first-order valence-corrected chi connectivity index (χ1v) is 4.41. The third kappa shape index (κ3) is 3.40. The number of nitrogens with one attached hydrogen (secondary N) is 2. The van der Waals surface area contributed by atoms with Crippen LogP contribution in [-0.4, -0.2) is 23.6 Å². The molecule has 0 spiro atoms. The fourth-order valence-corrected chi connectivity index (χ4v) is 1.01. The highest BCUT2D eigenvalue weighted by molar-refractivity contribution is 5.96. The van der Waals surface area contributed by atoms with E-state index in [1.807, 2.05) is 6.92 Å². The molecular formula is C10H12N2O3. The lowest BCUT2D eigenvalue weighted by molar-refractivity contribution is -0.128. The molecule has 0 radical (unpaired) electrons. The molecule has 0 bridgehead atoms. The molecular weight excluding hydrogens is 196 g/mol. The van der Waals surface area contributed by atoms with Gasteiger partial charge in [0.1, 0.15) is 0 Å². The summed E-state index contributed by atoms with van der Waals surface area (Å²) in [5, 5.41) is 10.6. The summed E-state index contributed by atoms with van der Waals surface area (Å²) in [5.74, 6) is -1.01. The molecule has 1 rings (SSSR count). The summed E-state index contributed by atoms with van der Waals surface area (Å²) >= 11 is 0. The Balaban J connectivity index is 2.54. The van der Waals surface area contributed by atoms with Crippen LogP contribution in [0.5, 0.6) is 0 Å². The van der Waals surface area contributed by atoms with E-state index < -0.39 is 5.91 Å². The molecule has 3 N–H and O–H groups in total. The van der Waals surface area contributed by atoms with Gasteiger partial charge in [0, 0.05) is 5.56 Å². The van der Waals surface area contributed by atoms with Gasteiger partial charge >= 0.3 is 0 Å². The molecule has 15 heavy (non-hydrogen) atoms. The quantitative estimate of drug-likeness (QED) is 0.491.